The van der Waals surface area contributed by atoms with Gasteiger partial charge in [0.25, 0.3) is 15.9 Å². The smallest absolute Gasteiger partial charge is 0.298 e. The number of rotatable bonds is 4. The van der Waals surface area contributed by atoms with Gasteiger partial charge in [-0.3, -0.25) is 14.8 Å². The van der Waals surface area contributed by atoms with E-state index in [-0.39, 0.29) is 11.4 Å². The number of phenolic OH excluding ortho intramolecular Hbond substituents is 1. The van der Waals surface area contributed by atoms with Gasteiger partial charge in [0.2, 0.25) is 0 Å². The summed E-state index contributed by atoms with van der Waals surface area (Å²) in [5.74, 6) is -0.520. The lowest BCUT2D eigenvalue weighted by Crippen LogP contribution is -2.26. The van der Waals surface area contributed by atoms with E-state index < -0.39 is 20.9 Å². The maximum Gasteiger partial charge on any atom is 0.298 e. The molecule has 16 heavy (non-hydrogen) atoms. The Morgan fingerprint density at radius 1 is 1.44 bits per heavy atom. The van der Waals surface area contributed by atoms with Crippen LogP contribution >= 0.6 is 0 Å². The van der Waals surface area contributed by atoms with Crippen LogP contribution in [-0.4, -0.2) is 25.5 Å². The zero-order chi connectivity index (χ0) is 12.3. The molecule has 1 aromatic rings. The van der Waals surface area contributed by atoms with Gasteiger partial charge in [0.05, 0.1) is 16.7 Å². The zero-order valence-electron chi connectivity index (χ0n) is 8.17. The first-order valence-electron chi connectivity index (χ1n) is 4.04. The van der Waals surface area contributed by atoms with Gasteiger partial charge >= 0.3 is 0 Å². The minimum Gasteiger partial charge on any atom is -0.505 e. The molecule has 0 aliphatic heterocycles. The highest BCUT2D eigenvalue weighted by Gasteiger charge is 2.13. The zero-order valence-corrected chi connectivity index (χ0v) is 8.98. The van der Waals surface area contributed by atoms with Gasteiger partial charge in [-0.05, 0) is 6.07 Å². The van der Waals surface area contributed by atoms with Crippen molar-refractivity contribution in [3.63, 3.8) is 0 Å². The maximum absolute atomic E-state index is 11.1. The van der Waals surface area contributed by atoms with E-state index in [9.17, 15) is 23.6 Å². The van der Waals surface area contributed by atoms with Crippen LogP contribution in [-0.2, 0) is 10.2 Å². The molecular formula is C7H9N3O5S. The van der Waals surface area contributed by atoms with E-state index >= 15 is 0 Å². The second kappa shape index (κ2) is 4.33. The van der Waals surface area contributed by atoms with Crippen molar-refractivity contribution in [1.29, 1.82) is 0 Å². The van der Waals surface area contributed by atoms with Crippen LogP contribution < -0.4 is 9.44 Å². The second-order valence-corrected chi connectivity index (χ2v) is 4.39. The SMILES string of the molecule is CNS(=O)(=O)Nc1ccc([N+](=O)[O-])cc1O. The summed E-state index contributed by atoms with van der Waals surface area (Å²) < 4.78 is 26.1. The first-order valence-corrected chi connectivity index (χ1v) is 5.53. The Bertz CT molecular complexity index is 513. The van der Waals surface area contributed by atoms with Crippen molar-refractivity contribution in [2.24, 2.45) is 0 Å². The first-order chi connectivity index (χ1) is 7.35. The summed E-state index contributed by atoms with van der Waals surface area (Å²) in [6.45, 7) is 0. The van der Waals surface area contributed by atoms with Crippen LogP contribution in [0.15, 0.2) is 18.2 Å². The molecule has 0 aliphatic rings. The molecule has 9 heteroatoms. The monoisotopic (exact) mass is 247 g/mol. The predicted octanol–water partition coefficient (Wildman–Crippen LogP) is 0.176. The molecule has 0 aromatic heterocycles. The summed E-state index contributed by atoms with van der Waals surface area (Å²) in [7, 11) is -2.57. The summed E-state index contributed by atoms with van der Waals surface area (Å²) >= 11 is 0. The van der Waals surface area contributed by atoms with Crippen LogP contribution in [0.25, 0.3) is 0 Å². The molecule has 1 aromatic carbocycles. The lowest BCUT2D eigenvalue weighted by molar-refractivity contribution is -0.384. The number of hydrogen-bond acceptors (Lipinski definition) is 5. The van der Waals surface area contributed by atoms with Gasteiger partial charge in [0, 0.05) is 13.1 Å². The molecule has 3 N–H and O–H groups in total. The fourth-order valence-corrected chi connectivity index (χ4v) is 1.48. The lowest BCUT2D eigenvalue weighted by atomic mass is 10.3. The molecule has 0 amide bonds. The fraction of sp³-hybridized carbons (Fsp3) is 0.143. The third kappa shape index (κ3) is 2.81. The summed E-state index contributed by atoms with van der Waals surface area (Å²) in [5.41, 5.74) is -0.468. The highest BCUT2D eigenvalue weighted by molar-refractivity contribution is 7.90. The van der Waals surface area contributed by atoms with Gasteiger partial charge in [-0.25, -0.2) is 4.72 Å². The minimum absolute atomic E-state index is 0.139. The molecule has 0 fully saturated rings. The first kappa shape index (κ1) is 12.2. The molecule has 0 aliphatic carbocycles. The largest absolute Gasteiger partial charge is 0.505 e. The Kier molecular flexibility index (Phi) is 3.30. The maximum atomic E-state index is 11.1. The Balaban J connectivity index is 3.05. The number of nitro groups is 1. The number of phenols is 1. The van der Waals surface area contributed by atoms with Crippen molar-refractivity contribution < 1.29 is 18.4 Å². The van der Waals surface area contributed by atoms with Gasteiger partial charge in [-0.15, -0.1) is 0 Å². The lowest BCUT2D eigenvalue weighted by Gasteiger charge is -2.07. The van der Waals surface area contributed by atoms with E-state index in [2.05, 4.69) is 0 Å². The molecule has 88 valence electrons. The topological polar surface area (TPSA) is 122 Å². The van der Waals surface area contributed by atoms with Crippen LogP contribution in [0.2, 0.25) is 0 Å². The number of aromatic hydroxyl groups is 1. The summed E-state index contributed by atoms with van der Waals surface area (Å²) in [6, 6.07) is 3.03. The Labute approximate surface area is 91.2 Å². The van der Waals surface area contributed by atoms with E-state index in [0.717, 1.165) is 18.2 Å². The van der Waals surface area contributed by atoms with Crippen molar-refractivity contribution in [3.05, 3.63) is 28.3 Å². The number of anilines is 1. The third-order valence-electron chi connectivity index (χ3n) is 1.71. The number of benzene rings is 1. The van der Waals surface area contributed by atoms with Crippen molar-refractivity contribution in [3.8, 4) is 5.75 Å². The molecular weight excluding hydrogens is 238 g/mol. The van der Waals surface area contributed by atoms with E-state index in [1.165, 1.54) is 7.05 Å². The Hall–Kier alpha value is -1.87. The molecule has 0 radical (unpaired) electrons. The average Bonchev–Trinajstić information content (AvgIpc) is 2.20. The Morgan fingerprint density at radius 2 is 2.06 bits per heavy atom. The van der Waals surface area contributed by atoms with E-state index in [4.69, 9.17) is 0 Å². The van der Waals surface area contributed by atoms with Crippen molar-refractivity contribution >= 4 is 21.6 Å². The van der Waals surface area contributed by atoms with E-state index in [0.29, 0.717) is 0 Å². The highest BCUT2D eigenvalue weighted by atomic mass is 32.2. The van der Waals surface area contributed by atoms with Crippen LogP contribution in [0.3, 0.4) is 0 Å². The average molecular weight is 247 g/mol. The van der Waals surface area contributed by atoms with Crippen molar-refractivity contribution in [1.82, 2.24) is 4.72 Å². The fourth-order valence-electron chi connectivity index (χ4n) is 0.916. The quantitative estimate of drug-likeness (QED) is 0.398. The van der Waals surface area contributed by atoms with E-state index in [1.807, 2.05) is 9.44 Å². The summed E-state index contributed by atoms with van der Waals surface area (Å²) in [5, 5.41) is 19.7. The highest BCUT2D eigenvalue weighted by Crippen LogP contribution is 2.28. The van der Waals surface area contributed by atoms with Gasteiger partial charge in [-0.2, -0.15) is 8.42 Å². The van der Waals surface area contributed by atoms with Crippen LogP contribution in [0.5, 0.6) is 5.75 Å². The summed E-state index contributed by atoms with van der Waals surface area (Å²) in [6.07, 6.45) is 0. The molecule has 0 saturated carbocycles. The molecule has 0 bridgehead atoms. The van der Waals surface area contributed by atoms with Gasteiger partial charge < -0.3 is 5.11 Å². The number of nitro benzene ring substituents is 1. The van der Waals surface area contributed by atoms with Gasteiger partial charge in [0.15, 0.2) is 0 Å². The van der Waals surface area contributed by atoms with Crippen molar-refractivity contribution in [2.75, 3.05) is 11.8 Å². The van der Waals surface area contributed by atoms with Gasteiger partial charge in [0.1, 0.15) is 5.75 Å². The predicted molar refractivity (Wildman–Crippen MR) is 56.4 cm³/mol. The standard InChI is InChI=1S/C7H9N3O5S/c1-8-16(14,15)9-6-3-2-5(10(12)13)4-7(6)11/h2-4,8-9,11H,1H3. The normalized spacial score (nSPS) is 11.1. The Morgan fingerprint density at radius 3 is 2.50 bits per heavy atom. The molecule has 0 heterocycles. The summed E-state index contributed by atoms with van der Waals surface area (Å²) in [4.78, 5) is 9.65. The van der Waals surface area contributed by atoms with Crippen LogP contribution in [0, 0.1) is 10.1 Å². The minimum atomic E-state index is -3.76. The van der Waals surface area contributed by atoms with Crippen LogP contribution in [0.1, 0.15) is 0 Å². The number of hydrogen-bond donors (Lipinski definition) is 3. The van der Waals surface area contributed by atoms with Crippen molar-refractivity contribution in [2.45, 2.75) is 0 Å². The van der Waals surface area contributed by atoms with Crippen LogP contribution in [0.4, 0.5) is 11.4 Å². The number of nitrogens with one attached hydrogen (secondary N) is 2. The molecule has 0 atom stereocenters. The molecule has 1 rings (SSSR count). The molecule has 8 nitrogen and oxygen atoms in total. The second-order valence-electron chi connectivity index (χ2n) is 2.77. The number of nitrogens with zero attached hydrogens (tertiary/aromatic N) is 1. The molecule has 0 saturated heterocycles. The molecule has 0 unspecified atom stereocenters. The molecule has 0 spiro atoms. The van der Waals surface area contributed by atoms with E-state index in [1.54, 1.807) is 0 Å². The van der Waals surface area contributed by atoms with Gasteiger partial charge in [-0.1, -0.05) is 0 Å². The third-order valence-corrected chi connectivity index (χ3v) is 2.73. The number of non-ortho nitro benzene ring substituents is 1.